The number of rotatable bonds is 3. The Morgan fingerprint density at radius 3 is 2.95 bits per heavy atom. The second-order valence-electron chi connectivity index (χ2n) is 5.63. The summed E-state index contributed by atoms with van der Waals surface area (Å²) in [6, 6.07) is 6.18. The lowest BCUT2D eigenvalue weighted by Crippen LogP contribution is -2.30. The van der Waals surface area contributed by atoms with Gasteiger partial charge >= 0.3 is 5.97 Å². The van der Waals surface area contributed by atoms with E-state index in [-0.39, 0.29) is 17.8 Å². The maximum Gasteiger partial charge on any atom is 0.305 e. The zero-order valence-electron chi connectivity index (χ0n) is 11.6. The molecule has 1 aromatic rings. The number of ether oxygens (including phenoxy) is 1. The van der Waals surface area contributed by atoms with Gasteiger partial charge in [0.05, 0.1) is 7.11 Å². The van der Waals surface area contributed by atoms with E-state index in [0.717, 1.165) is 30.5 Å². The van der Waals surface area contributed by atoms with Gasteiger partial charge in [0.2, 0.25) is 5.91 Å². The normalized spacial score (nSPS) is 23.8. The monoisotopic (exact) mass is 273 g/mol. The Balaban J connectivity index is 1.81. The van der Waals surface area contributed by atoms with E-state index in [4.69, 9.17) is 0 Å². The minimum Gasteiger partial charge on any atom is -0.469 e. The van der Waals surface area contributed by atoms with Crippen molar-refractivity contribution in [3.8, 4) is 0 Å². The fourth-order valence-corrected chi connectivity index (χ4v) is 3.41. The first-order valence-electron chi connectivity index (χ1n) is 7.19. The molecule has 20 heavy (non-hydrogen) atoms. The molecule has 106 valence electrons. The number of aryl methyl sites for hydroxylation is 1. The highest BCUT2D eigenvalue weighted by atomic mass is 16.5. The number of hydrogen-bond acceptors (Lipinski definition) is 3. The van der Waals surface area contributed by atoms with E-state index in [9.17, 15) is 9.59 Å². The average molecular weight is 273 g/mol. The third-order valence-corrected chi connectivity index (χ3v) is 4.47. The standard InChI is InChI=1S/C16H19NO3/c1-20-15(18)8-6-10-5-7-12-11-3-2-4-13(11)16(19)17-14(12)9-10/h5,7,9,11,13H,2-4,6,8H2,1H3,(H,17,19). The van der Waals surface area contributed by atoms with Crippen LogP contribution in [-0.4, -0.2) is 19.0 Å². The molecule has 1 aliphatic carbocycles. The third kappa shape index (κ3) is 2.30. The summed E-state index contributed by atoms with van der Waals surface area (Å²) >= 11 is 0. The van der Waals surface area contributed by atoms with E-state index in [1.807, 2.05) is 6.07 Å². The van der Waals surface area contributed by atoms with Crippen LogP contribution >= 0.6 is 0 Å². The highest BCUT2D eigenvalue weighted by Gasteiger charge is 2.38. The van der Waals surface area contributed by atoms with Gasteiger partial charge in [-0.25, -0.2) is 0 Å². The number of carbonyl (C=O) groups excluding carboxylic acids is 2. The van der Waals surface area contributed by atoms with Crippen molar-refractivity contribution in [2.24, 2.45) is 5.92 Å². The maximum absolute atomic E-state index is 12.1. The number of hydrogen-bond donors (Lipinski definition) is 1. The van der Waals surface area contributed by atoms with Crippen molar-refractivity contribution in [2.45, 2.75) is 38.0 Å². The first-order valence-corrected chi connectivity index (χ1v) is 7.19. The van der Waals surface area contributed by atoms with Crippen LogP contribution < -0.4 is 5.32 Å². The van der Waals surface area contributed by atoms with E-state index in [2.05, 4.69) is 22.2 Å². The molecular formula is C16H19NO3. The van der Waals surface area contributed by atoms with Crippen LogP contribution in [0.2, 0.25) is 0 Å². The fourth-order valence-electron chi connectivity index (χ4n) is 3.41. The number of amides is 1. The highest BCUT2D eigenvalue weighted by molar-refractivity contribution is 5.97. The van der Waals surface area contributed by atoms with Crippen molar-refractivity contribution in [1.29, 1.82) is 0 Å². The van der Waals surface area contributed by atoms with E-state index in [0.29, 0.717) is 18.8 Å². The number of esters is 1. The lowest BCUT2D eigenvalue weighted by molar-refractivity contribution is -0.140. The van der Waals surface area contributed by atoms with Crippen molar-refractivity contribution in [3.63, 3.8) is 0 Å². The number of carbonyl (C=O) groups is 2. The molecule has 4 nitrogen and oxygen atoms in total. The Hall–Kier alpha value is -1.84. The molecule has 2 atom stereocenters. The van der Waals surface area contributed by atoms with Crippen molar-refractivity contribution in [3.05, 3.63) is 29.3 Å². The largest absolute Gasteiger partial charge is 0.469 e. The molecule has 0 saturated heterocycles. The summed E-state index contributed by atoms with van der Waals surface area (Å²) in [7, 11) is 1.40. The summed E-state index contributed by atoms with van der Waals surface area (Å²) < 4.78 is 4.65. The van der Waals surface area contributed by atoms with Crippen molar-refractivity contribution < 1.29 is 14.3 Å². The van der Waals surface area contributed by atoms with Crippen molar-refractivity contribution >= 4 is 17.6 Å². The Morgan fingerprint density at radius 2 is 2.15 bits per heavy atom. The summed E-state index contributed by atoms with van der Waals surface area (Å²) in [5, 5.41) is 3.02. The van der Waals surface area contributed by atoms with Gasteiger partial charge in [-0.3, -0.25) is 9.59 Å². The van der Waals surface area contributed by atoms with Gasteiger partial charge in [0.15, 0.2) is 0 Å². The minimum atomic E-state index is -0.206. The van der Waals surface area contributed by atoms with Crippen LogP contribution in [0, 0.1) is 5.92 Å². The molecule has 0 radical (unpaired) electrons. The van der Waals surface area contributed by atoms with Crippen LogP contribution in [0.25, 0.3) is 0 Å². The zero-order valence-corrected chi connectivity index (χ0v) is 11.6. The van der Waals surface area contributed by atoms with Gasteiger partial charge in [-0.05, 0) is 42.4 Å². The van der Waals surface area contributed by atoms with Crippen LogP contribution in [0.15, 0.2) is 18.2 Å². The van der Waals surface area contributed by atoms with Gasteiger partial charge in [0.25, 0.3) is 0 Å². The lowest BCUT2D eigenvalue weighted by Gasteiger charge is -2.28. The lowest BCUT2D eigenvalue weighted by atomic mass is 9.83. The number of methoxy groups -OCH3 is 1. The molecule has 0 bridgehead atoms. The molecule has 0 aromatic heterocycles. The molecule has 1 heterocycles. The summed E-state index contributed by atoms with van der Waals surface area (Å²) in [6.07, 6.45) is 4.25. The molecule has 2 unspecified atom stereocenters. The number of anilines is 1. The van der Waals surface area contributed by atoms with E-state index >= 15 is 0 Å². The quantitative estimate of drug-likeness (QED) is 0.861. The number of nitrogens with one attached hydrogen (secondary N) is 1. The molecule has 3 rings (SSSR count). The van der Waals surface area contributed by atoms with Gasteiger partial charge in [-0.1, -0.05) is 18.6 Å². The molecule has 1 fully saturated rings. The summed E-state index contributed by atoms with van der Waals surface area (Å²) in [6.45, 7) is 0. The van der Waals surface area contributed by atoms with Gasteiger partial charge < -0.3 is 10.1 Å². The number of benzene rings is 1. The van der Waals surface area contributed by atoms with Gasteiger partial charge in [-0.2, -0.15) is 0 Å². The zero-order chi connectivity index (χ0) is 14.1. The predicted octanol–water partition coefficient (Wildman–Crippen LogP) is 2.63. The Morgan fingerprint density at radius 1 is 1.35 bits per heavy atom. The molecule has 1 amide bonds. The van der Waals surface area contributed by atoms with Crippen LogP contribution in [0.3, 0.4) is 0 Å². The second-order valence-corrected chi connectivity index (χ2v) is 5.63. The molecular weight excluding hydrogens is 254 g/mol. The SMILES string of the molecule is COC(=O)CCc1ccc2c(c1)NC(=O)C1CCCC21. The van der Waals surface area contributed by atoms with Gasteiger partial charge in [0, 0.05) is 18.0 Å². The Kier molecular flexibility index (Phi) is 3.47. The molecule has 4 heteroatoms. The van der Waals surface area contributed by atoms with Crippen molar-refractivity contribution in [2.75, 3.05) is 12.4 Å². The van der Waals surface area contributed by atoms with Crippen molar-refractivity contribution in [1.82, 2.24) is 0 Å². The highest BCUT2D eigenvalue weighted by Crippen LogP contribution is 2.46. The van der Waals surface area contributed by atoms with Gasteiger partial charge in [0.1, 0.15) is 0 Å². The first-order chi connectivity index (χ1) is 9.69. The van der Waals surface area contributed by atoms with Crippen LogP contribution in [0.5, 0.6) is 0 Å². The molecule has 1 aliphatic heterocycles. The molecule has 1 aromatic carbocycles. The first kappa shape index (κ1) is 13.2. The van der Waals surface area contributed by atoms with Crippen LogP contribution in [0.4, 0.5) is 5.69 Å². The molecule has 1 N–H and O–H groups in total. The van der Waals surface area contributed by atoms with E-state index in [1.54, 1.807) is 0 Å². The summed E-state index contributed by atoms with van der Waals surface area (Å²) in [4.78, 5) is 23.3. The molecule has 1 saturated carbocycles. The molecule has 2 aliphatic rings. The predicted molar refractivity (Wildman–Crippen MR) is 75.5 cm³/mol. The van der Waals surface area contributed by atoms with Crippen LogP contribution in [0.1, 0.15) is 42.7 Å². The Bertz CT molecular complexity index is 553. The Labute approximate surface area is 118 Å². The third-order valence-electron chi connectivity index (χ3n) is 4.47. The van der Waals surface area contributed by atoms with Crippen LogP contribution in [-0.2, 0) is 20.7 Å². The maximum atomic E-state index is 12.1. The smallest absolute Gasteiger partial charge is 0.305 e. The molecule has 0 spiro atoms. The second kappa shape index (κ2) is 5.27. The summed E-state index contributed by atoms with van der Waals surface area (Å²) in [5.74, 6) is 0.490. The van der Waals surface area contributed by atoms with E-state index in [1.165, 1.54) is 12.7 Å². The van der Waals surface area contributed by atoms with E-state index < -0.39 is 0 Å². The topological polar surface area (TPSA) is 55.4 Å². The minimum absolute atomic E-state index is 0.156. The summed E-state index contributed by atoms with van der Waals surface area (Å²) in [5.41, 5.74) is 3.25. The average Bonchev–Trinajstić information content (AvgIpc) is 2.94. The number of fused-ring (bicyclic) bond motifs is 3. The van der Waals surface area contributed by atoms with Gasteiger partial charge in [-0.15, -0.1) is 0 Å². The fraction of sp³-hybridized carbons (Fsp3) is 0.500.